The van der Waals surface area contributed by atoms with Crippen LogP contribution in [0.25, 0.3) is 0 Å². The van der Waals surface area contributed by atoms with Crippen LogP contribution in [0.3, 0.4) is 0 Å². The van der Waals surface area contributed by atoms with E-state index in [1.54, 1.807) is 4.90 Å². The van der Waals surface area contributed by atoms with E-state index >= 15 is 0 Å². The smallest absolute Gasteiger partial charge is 0.238 e. The molecule has 0 saturated carbocycles. The predicted octanol–water partition coefficient (Wildman–Crippen LogP) is 1.22. The number of carbonyl (C=O) groups is 1. The second kappa shape index (κ2) is 5.28. The Morgan fingerprint density at radius 3 is 2.61 bits per heavy atom. The number of alkyl halides is 1. The largest absolute Gasteiger partial charge is 0.333 e. The summed E-state index contributed by atoms with van der Waals surface area (Å²) < 4.78 is 23.4. The van der Waals surface area contributed by atoms with E-state index in [0.717, 1.165) is 5.56 Å². The van der Waals surface area contributed by atoms with Crippen LogP contribution >= 0.6 is 11.6 Å². The lowest BCUT2D eigenvalue weighted by molar-refractivity contribution is -0.130. The molecule has 1 heterocycles. The van der Waals surface area contributed by atoms with Gasteiger partial charge in [-0.3, -0.25) is 4.79 Å². The van der Waals surface area contributed by atoms with E-state index in [-0.39, 0.29) is 29.8 Å². The molecule has 4 nitrogen and oxygen atoms in total. The second-order valence-corrected chi connectivity index (χ2v) is 6.76. The molecule has 0 bridgehead atoms. The van der Waals surface area contributed by atoms with Crippen molar-refractivity contribution < 1.29 is 13.2 Å². The van der Waals surface area contributed by atoms with Gasteiger partial charge in [0.1, 0.15) is 5.88 Å². The molecular weight excluding hydrogens is 274 g/mol. The van der Waals surface area contributed by atoms with Crippen LogP contribution < -0.4 is 0 Å². The minimum absolute atomic E-state index is 0.0129. The Balaban J connectivity index is 2.34. The third-order valence-electron chi connectivity index (χ3n) is 3.05. The van der Waals surface area contributed by atoms with Gasteiger partial charge >= 0.3 is 0 Å². The van der Waals surface area contributed by atoms with Gasteiger partial charge in [-0.05, 0) is 5.56 Å². The van der Waals surface area contributed by atoms with Crippen molar-refractivity contribution in [1.82, 2.24) is 4.90 Å². The third-order valence-corrected chi connectivity index (χ3v) is 4.91. The maximum Gasteiger partial charge on any atom is 0.238 e. The van der Waals surface area contributed by atoms with Crippen LogP contribution in [0.5, 0.6) is 0 Å². The molecule has 0 radical (unpaired) electrons. The van der Waals surface area contributed by atoms with E-state index < -0.39 is 15.9 Å². The molecule has 0 N–H and O–H groups in total. The summed E-state index contributed by atoms with van der Waals surface area (Å²) in [6.45, 7) is 0.216. The molecule has 2 rings (SSSR count). The van der Waals surface area contributed by atoms with Crippen LogP contribution in [0, 0.1) is 0 Å². The van der Waals surface area contributed by atoms with E-state index in [1.807, 2.05) is 30.3 Å². The molecule has 0 aliphatic carbocycles. The van der Waals surface area contributed by atoms with E-state index in [4.69, 9.17) is 11.6 Å². The molecule has 1 amide bonds. The highest BCUT2D eigenvalue weighted by Crippen LogP contribution is 2.26. The molecule has 1 saturated heterocycles. The molecule has 0 aromatic heterocycles. The van der Waals surface area contributed by atoms with Crippen molar-refractivity contribution >= 4 is 27.3 Å². The summed E-state index contributed by atoms with van der Waals surface area (Å²) in [6, 6.07) is 8.77. The molecule has 1 atom stereocenters. The first-order valence-electron chi connectivity index (χ1n) is 5.64. The number of nitrogens with zero attached hydrogens (tertiary/aromatic N) is 1. The average molecular weight is 288 g/mol. The van der Waals surface area contributed by atoms with E-state index in [2.05, 4.69) is 0 Å². The maximum atomic E-state index is 11.8. The topological polar surface area (TPSA) is 54.5 Å². The van der Waals surface area contributed by atoms with Gasteiger partial charge in [-0.15, -0.1) is 11.6 Å². The zero-order chi connectivity index (χ0) is 13.2. The van der Waals surface area contributed by atoms with Gasteiger partial charge in [-0.1, -0.05) is 30.3 Å². The van der Waals surface area contributed by atoms with E-state index in [0.29, 0.717) is 0 Å². The highest BCUT2D eigenvalue weighted by molar-refractivity contribution is 7.91. The highest BCUT2D eigenvalue weighted by atomic mass is 35.5. The Labute approximate surface area is 111 Å². The molecule has 0 spiro atoms. The van der Waals surface area contributed by atoms with Gasteiger partial charge < -0.3 is 4.90 Å². The van der Waals surface area contributed by atoms with Crippen LogP contribution in [0.4, 0.5) is 0 Å². The molecular formula is C12H14ClNO3S. The SMILES string of the molecule is O=C(CCl)N1CCS(=O)(=O)CC1c1ccccc1. The molecule has 1 aliphatic heterocycles. The van der Waals surface area contributed by atoms with Crippen LogP contribution in [-0.2, 0) is 14.6 Å². The van der Waals surface area contributed by atoms with Gasteiger partial charge in [0.2, 0.25) is 5.91 Å². The Bertz CT molecular complexity index is 530. The monoisotopic (exact) mass is 287 g/mol. The summed E-state index contributed by atoms with van der Waals surface area (Å²) in [5, 5.41) is 0. The lowest BCUT2D eigenvalue weighted by Crippen LogP contribution is -2.46. The lowest BCUT2D eigenvalue weighted by atomic mass is 10.1. The number of hydrogen-bond donors (Lipinski definition) is 0. The van der Waals surface area contributed by atoms with E-state index in [1.165, 1.54) is 0 Å². The first kappa shape index (κ1) is 13.4. The normalized spacial score (nSPS) is 22.7. The maximum absolute atomic E-state index is 11.8. The zero-order valence-electron chi connectivity index (χ0n) is 9.75. The zero-order valence-corrected chi connectivity index (χ0v) is 11.3. The number of hydrogen-bond acceptors (Lipinski definition) is 3. The first-order valence-corrected chi connectivity index (χ1v) is 8.00. The summed E-state index contributed by atoms with van der Waals surface area (Å²) in [7, 11) is -3.09. The number of carbonyl (C=O) groups excluding carboxylic acids is 1. The number of rotatable bonds is 2. The summed E-state index contributed by atoms with van der Waals surface area (Å²) >= 11 is 5.57. The van der Waals surface area contributed by atoms with Crippen molar-refractivity contribution in [3.05, 3.63) is 35.9 Å². The lowest BCUT2D eigenvalue weighted by Gasteiger charge is -2.35. The summed E-state index contributed by atoms with van der Waals surface area (Å²) in [4.78, 5) is 13.3. The third kappa shape index (κ3) is 2.84. The standard InChI is InChI=1S/C12H14ClNO3S/c13-8-12(15)14-6-7-18(16,17)9-11(14)10-4-2-1-3-5-10/h1-5,11H,6-9H2. The summed E-state index contributed by atoms with van der Waals surface area (Å²) in [6.07, 6.45) is 0. The number of benzene rings is 1. The molecule has 6 heteroatoms. The minimum atomic E-state index is -3.09. The van der Waals surface area contributed by atoms with Gasteiger partial charge in [-0.2, -0.15) is 0 Å². The van der Waals surface area contributed by atoms with Crippen LogP contribution in [0.2, 0.25) is 0 Å². The number of amides is 1. The number of halogens is 1. The quantitative estimate of drug-likeness (QED) is 0.769. The molecule has 1 fully saturated rings. The highest BCUT2D eigenvalue weighted by Gasteiger charge is 2.34. The van der Waals surface area contributed by atoms with Crippen LogP contribution in [0.15, 0.2) is 30.3 Å². The second-order valence-electron chi connectivity index (χ2n) is 4.26. The summed E-state index contributed by atoms with van der Waals surface area (Å²) in [5.74, 6) is -0.359. The predicted molar refractivity (Wildman–Crippen MR) is 70.3 cm³/mol. The number of sulfone groups is 1. The molecule has 1 aromatic rings. The Hall–Kier alpha value is -1.07. The van der Waals surface area contributed by atoms with Gasteiger partial charge in [0, 0.05) is 6.54 Å². The molecule has 18 heavy (non-hydrogen) atoms. The van der Waals surface area contributed by atoms with Gasteiger partial charge in [0.05, 0.1) is 17.5 Å². The van der Waals surface area contributed by atoms with Crippen molar-refractivity contribution in [1.29, 1.82) is 0 Å². The van der Waals surface area contributed by atoms with Crippen LogP contribution in [0.1, 0.15) is 11.6 Å². The average Bonchev–Trinajstić information content (AvgIpc) is 2.38. The molecule has 1 aliphatic rings. The Morgan fingerprint density at radius 2 is 2.00 bits per heavy atom. The van der Waals surface area contributed by atoms with Gasteiger partial charge in [-0.25, -0.2) is 8.42 Å². The Morgan fingerprint density at radius 1 is 1.33 bits per heavy atom. The van der Waals surface area contributed by atoms with Crippen molar-refractivity contribution in [2.24, 2.45) is 0 Å². The first-order chi connectivity index (χ1) is 8.53. The van der Waals surface area contributed by atoms with Gasteiger partial charge in [0.15, 0.2) is 9.84 Å². The van der Waals surface area contributed by atoms with Gasteiger partial charge in [0.25, 0.3) is 0 Å². The summed E-state index contributed by atoms with van der Waals surface area (Å²) in [5.41, 5.74) is 0.833. The molecule has 1 unspecified atom stereocenters. The van der Waals surface area contributed by atoms with E-state index in [9.17, 15) is 13.2 Å². The fourth-order valence-electron chi connectivity index (χ4n) is 2.13. The van der Waals surface area contributed by atoms with Crippen molar-refractivity contribution in [3.8, 4) is 0 Å². The Kier molecular flexibility index (Phi) is 3.92. The fourth-order valence-corrected chi connectivity index (χ4v) is 3.78. The fraction of sp³-hybridized carbons (Fsp3) is 0.417. The minimum Gasteiger partial charge on any atom is -0.333 e. The molecule has 1 aromatic carbocycles. The van der Waals surface area contributed by atoms with Crippen molar-refractivity contribution in [2.75, 3.05) is 23.9 Å². The van der Waals surface area contributed by atoms with Crippen molar-refractivity contribution in [2.45, 2.75) is 6.04 Å². The molecule has 98 valence electrons. The van der Waals surface area contributed by atoms with Crippen LogP contribution in [-0.4, -0.2) is 43.2 Å². The van der Waals surface area contributed by atoms with Crippen molar-refractivity contribution in [3.63, 3.8) is 0 Å².